The van der Waals surface area contributed by atoms with Crippen LogP contribution in [0.15, 0.2) is 24.3 Å². The number of rotatable bonds is 3. The smallest absolute Gasteiger partial charge is 0.244 e. The zero-order chi connectivity index (χ0) is 13.1. The quantitative estimate of drug-likeness (QED) is 0.819. The van der Waals surface area contributed by atoms with Gasteiger partial charge in [0.2, 0.25) is 5.91 Å². The van der Waals surface area contributed by atoms with Crippen molar-refractivity contribution in [2.75, 3.05) is 27.2 Å². The van der Waals surface area contributed by atoms with Crippen LogP contribution in [0.5, 0.6) is 0 Å². The average molecular weight is 250 g/mol. The second-order valence-electron chi connectivity index (χ2n) is 4.95. The van der Waals surface area contributed by atoms with Crippen molar-refractivity contribution in [3.63, 3.8) is 0 Å². The van der Waals surface area contributed by atoms with Crippen LogP contribution >= 0.6 is 0 Å². The summed E-state index contributed by atoms with van der Waals surface area (Å²) in [5.74, 6) is -0.225. The van der Waals surface area contributed by atoms with Gasteiger partial charge >= 0.3 is 0 Å². The Morgan fingerprint density at radius 2 is 2.00 bits per heavy atom. The molecule has 0 spiro atoms. The summed E-state index contributed by atoms with van der Waals surface area (Å²) in [5, 5.41) is 0. The molecular formula is C14H19FN2O. The maximum Gasteiger partial charge on any atom is 0.244 e. The molecule has 4 heteroatoms. The molecule has 0 unspecified atom stereocenters. The SMILES string of the molecule is CN(C)[C@@H](C(=O)N1CCCC1)c1cccc(F)c1. The van der Waals surface area contributed by atoms with Crippen LogP contribution in [-0.4, -0.2) is 42.9 Å². The number of nitrogens with zero attached hydrogens (tertiary/aromatic N) is 2. The Kier molecular flexibility index (Phi) is 3.97. The molecule has 1 fully saturated rings. The molecule has 1 aromatic carbocycles. The number of hydrogen-bond donors (Lipinski definition) is 0. The lowest BCUT2D eigenvalue weighted by Crippen LogP contribution is -2.39. The Morgan fingerprint density at radius 3 is 2.56 bits per heavy atom. The summed E-state index contributed by atoms with van der Waals surface area (Å²) < 4.78 is 13.3. The van der Waals surface area contributed by atoms with Crippen LogP contribution in [0, 0.1) is 5.82 Å². The van der Waals surface area contributed by atoms with E-state index in [2.05, 4.69) is 0 Å². The molecule has 1 atom stereocenters. The Bertz CT molecular complexity index is 428. The molecular weight excluding hydrogens is 231 g/mol. The molecule has 1 aromatic rings. The molecule has 1 aliphatic rings. The van der Waals surface area contributed by atoms with Crippen LogP contribution in [0.25, 0.3) is 0 Å². The van der Waals surface area contributed by atoms with Crippen molar-refractivity contribution in [3.05, 3.63) is 35.6 Å². The second kappa shape index (κ2) is 5.48. The molecule has 0 bridgehead atoms. The first-order valence-corrected chi connectivity index (χ1v) is 6.30. The van der Waals surface area contributed by atoms with Crippen molar-refractivity contribution in [3.8, 4) is 0 Å². The van der Waals surface area contributed by atoms with Crippen molar-refractivity contribution in [1.82, 2.24) is 9.80 Å². The summed E-state index contributed by atoms with van der Waals surface area (Å²) in [6, 6.07) is 5.91. The number of likely N-dealkylation sites (tertiary alicyclic amines) is 1. The largest absolute Gasteiger partial charge is 0.341 e. The minimum absolute atomic E-state index is 0.0723. The van der Waals surface area contributed by atoms with E-state index in [-0.39, 0.29) is 11.7 Å². The van der Waals surface area contributed by atoms with E-state index in [0.717, 1.165) is 31.5 Å². The number of likely N-dealkylation sites (N-methyl/N-ethyl adjacent to an activating group) is 1. The topological polar surface area (TPSA) is 23.6 Å². The molecule has 1 heterocycles. The van der Waals surface area contributed by atoms with Gasteiger partial charge in [-0.2, -0.15) is 0 Å². The summed E-state index contributed by atoms with van der Waals surface area (Å²) in [7, 11) is 3.70. The maximum atomic E-state index is 13.3. The molecule has 0 aromatic heterocycles. The normalized spacial score (nSPS) is 17.2. The maximum absolute atomic E-state index is 13.3. The van der Waals surface area contributed by atoms with Gasteiger partial charge in [0.05, 0.1) is 0 Å². The first-order valence-electron chi connectivity index (χ1n) is 6.30. The fourth-order valence-electron chi connectivity index (χ4n) is 2.45. The number of carbonyl (C=O) groups excluding carboxylic acids is 1. The highest BCUT2D eigenvalue weighted by Crippen LogP contribution is 2.23. The highest BCUT2D eigenvalue weighted by atomic mass is 19.1. The van der Waals surface area contributed by atoms with E-state index < -0.39 is 6.04 Å². The van der Waals surface area contributed by atoms with Gasteiger partial charge in [-0.25, -0.2) is 4.39 Å². The third kappa shape index (κ3) is 2.70. The van der Waals surface area contributed by atoms with Crippen LogP contribution in [0.4, 0.5) is 4.39 Å². The number of hydrogen-bond acceptors (Lipinski definition) is 2. The lowest BCUT2D eigenvalue weighted by atomic mass is 10.0. The predicted octanol–water partition coefficient (Wildman–Crippen LogP) is 2.05. The number of benzene rings is 1. The zero-order valence-corrected chi connectivity index (χ0v) is 10.9. The van der Waals surface area contributed by atoms with Gasteiger partial charge in [-0.3, -0.25) is 9.69 Å². The van der Waals surface area contributed by atoms with Crippen molar-refractivity contribution >= 4 is 5.91 Å². The monoisotopic (exact) mass is 250 g/mol. The highest BCUT2D eigenvalue weighted by Gasteiger charge is 2.29. The van der Waals surface area contributed by atoms with Gasteiger partial charge in [0.25, 0.3) is 0 Å². The van der Waals surface area contributed by atoms with Gasteiger partial charge in [0.1, 0.15) is 11.9 Å². The van der Waals surface area contributed by atoms with E-state index in [9.17, 15) is 9.18 Å². The van der Waals surface area contributed by atoms with E-state index >= 15 is 0 Å². The van der Waals surface area contributed by atoms with Gasteiger partial charge in [-0.1, -0.05) is 12.1 Å². The van der Waals surface area contributed by atoms with Crippen molar-refractivity contribution in [1.29, 1.82) is 0 Å². The fraction of sp³-hybridized carbons (Fsp3) is 0.500. The predicted molar refractivity (Wildman–Crippen MR) is 68.6 cm³/mol. The van der Waals surface area contributed by atoms with E-state index in [1.54, 1.807) is 6.07 Å². The zero-order valence-electron chi connectivity index (χ0n) is 10.9. The van der Waals surface area contributed by atoms with Crippen LogP contribution in [0.1, 0.15) is 24.4 Å². The van der Waals surface area contributed by atoms with E-state index in [1.165, 1.54) is 12.1 Å². The molecule has 2 rings (SSSR count). The Morgan fingerprint density at radius 1 is 1.33 bits per heavy atom. The second-order valence-corrected chi connectivity index (χ2v) is 4.95. The highest BCUT2D eigenvalue weighted by molar-refractivity contribution is 5.83. The summed E-state index contributed by atoms with van der Waals surface area (Å²) in [5.41, 5.74) is 0.719. The van der Waals surface area contributed by atoms with Crippen LogP contribution < -0.4 is 0 Å². The number of carbonyl (C=O) groups is 1. The van der Waals surface area contributed by atoms with Crippen molar-refractivity contribution < 1.29 is 9.18 Å². The summed E-state index contributed by atoms with van der Waals surface area (Å²) in [6.07, 6.45) is 2.13. The summed E-state index contributed by atoms with van der Waals surface area (Å²) in [6.45, 7) is 1.64. The Labute approximate surface area is 107 Å². The van der Waals surface area contributed by atoms with Gasteiger partial charge in [0.15, 0.2) is 0 Å². The van der Waals surface area contributed by atoms with E-state index in [0.29, 0.717) is 0 Å². The van der Waals surface area contributed by atoms with Gasteiger partial charge in [0, 0.05) is 13.1 Å². The molecule has 0 saturated carbocycles. The Hall–Kier alpha value is -1.42. The first kappa shape index (κ1) is 13.0. The summed E-state index contributed by atoms with van der Waals surface area (Å²) >= 11 is 0. The lowest BCUT2D eigenvalue weighted by Gasteiger charge is -2.28. The average Bonchev–Trinajstić information content (AvgIpc) is 2.82. The molecule has 0 radical (unpaired) electrons. The third-order valence-corrected chi connectivity index (χ3v) is 3.33. The van der Waals surface area contributed by atoms with Crippen molar-refractivity contribution in [2.45, 2.75) is 18.9 Å². The molecule has 98 valence electrons. The lowest BCUT2D eigenvalue weighted by molar-refractivity contribution is -0.135. The van der Waals surface area contributed by atoms with E-state index in [1.807, 2.05) is 30.0 Å². The van der Waals surface area contributed by atoms with Gasteiger partial charge in [-0.15, -0.1) is 0 Å². The molecule has 1 saturated heterocycles. The van der Waals surface area contributed by atoms with Crippen LogP contribution in [-0.2, 0) is 4.79 Å². The molecule has 1 aliphatic heterocycles. The van der Waals surface area contributed by atoms with Crippen LogP contribution in [0.3, 0.4) is 0 Å². The molecule has 0 aliphatic carbocycles. The molecule has 0 N–H and O–H groups in total. The van der Waals surface area contributed by atoms with Gasteiger partial charge in [-0.05, 0) is 44.6 Å². The van der Waals surface area contributed by atoms with Crippen LogP contribution in [0.2, 0.25) is 0 Å². The fourth-order valence-corrected chi connectivity index (χ4v) is 2.45. The third-order valence-electron chi connectivity index (χ3n) is 3.33. The first-order chi connectivity index (χ1) is 8.59. The minimum Gasteiger partial charge on any atom is -0.341 e. The van der Waals surface area contributed by atoms with Gasteiger partial charge < -0.3 is 4.90 Å². The number of amides is 1. The minimum atomic E-state index is -0.390. The molecule has 1 amide bonds. The summed E-state index contributed by atoms with van der Waals surface area (Å²) in [4.78, 5) is 16.2. The van der Waals surface area contributed by atoms with E-state index in [4.69, 9.17) is 0 Å². The standard InChI is InChI=1S/C14H19FN2O/c1-16(2)13(11-6-5-7-12(15)10-11)14(18)17-8-3-4-9-17/h5-7,10,13H,3-4,8-9H2,1-2H3/t13-/m1/s1. The number of halogens is 1. The molecule has 3 nitrogen and oxygen atoms in total. The molecule has 18 heavy (non-hydrogen) atoms. The van der Waals surface area contributed by atoms with Crippen molar-refractivity contribution in [2.24, 2.45) is 0 Å². The Balaban J connectivity index is 2.25.